The third-order valence-corrected chi connectivity index (χ3v) is 4.46. The zero-order valence-electron chi connectivity index (χ0n) is 12.4. The second-order valence-electron chi connectivity index (χ2n) is 5.94. The van der Waals surface area contributed by atoms with E-state index in [1.54, 1.807) is 12.1 Å². The summed E-state index contributed by atoms with van der Waals surface area (Å²) in [5.74, 6) is 0.911. The van der Waals surface area contributed by atoms with E-state index >= 15 is 0 Å². The van der Waals surface area contributed by atoms with Gasteiger partial charge in [-0.1, -0.05) is 18.5 Å². The Balaban J connectivity index is 0.00000176. The number of nitrogens with one attached hydrogen (secondary N) is 2. The maximum absolute atomic E-state index is 12.3. The number of halogens is 2. The van der Waals surface area contributed by atoms with E-state index < -0.39 is 0 Å². The second-order valence-corrected chi connectivity index (χ2v) is 6.34. The Hall–Kier alpha value is -1.17. The number of amides is 1. The fourth-order valence-electron chi connectivity index (χ4n) is 2.70. The van der Waals surface area contributed by atoms with E-state index in [4.69, 9.17) is 21.1 Å². The largest absolute Gasteiger partial charge is 0.454 e. The van der Waals surface area contributed by atoms with Gasteiger partial charge >= 0.3 is 0 Å². The first-order valence-corrected chi connectivity index (χ1v) is 7.53. The molecule has 2 N–H and O–H groups in total. The molecule has 0 aromatic heterocycles. The molecule has 1 saturated heterocycles. The molecule has 1 aromatic rings. The van der Waals surface area contributed by atoms with E-state index in [2.05, 4.69) is 17.6 Å². The van der Waals surface area contributed by atoms with E-state index in [1.165, 1.54) is 0 Å². The van der Waals surface area contributed by atoms with Gasteiger partial charge in [-0.25, -0.2) is 0 Å². The summed E-state index contributed by atoms with van der Waals surface area (Å²) in [6, 6.07) is 3.30. The fraction of sp³-hybridized carbons (Fsp3) is 0.533. The third-order valence-electron chi connectivity index (χ3n) is 4.18. The van der Waals surface area contributed by atoms with Crippen molar-refractivity contribution in [3.8, 4) is 11.5 Å². The van der Waals surface area contributed by atoms with E-state index in [1.807, 2.05) is 0 Å². The smallest absolute Gasteiger partial charge is 0.251 e. The predicted octanol–water partition coefficient (Wildman–Crippen LogP) is 2.61. The highest BCUT2D eigenvalue weighted by Gasteiger charge is 2.27. The number of ether oxygens (including phenoxy) is 2. The molecule has 0 bridgehead atoms. The summed E-state index contributed by atoms with van der Waals surface area (Å²) >= 11 is 6.10. The Morgan fingerprint density at radius 2 is 2.09 bits per heavy atom. The molecule has 0 aliphatic carbocycles. The van der Waals surface area contributed by atoms with Crippen LogP contribution >= 0.6 is 24.0 Å². The van der Waals surface area contributed by atoms with Crippen LogP contribution in [0.3, 0.4) is 0 Å². The van der Waals surface area contributed by atoms with Crippen molar-refractivity contribution in [2.75, 3.05) is 26.4 Å². The third kappa shape index (κ3) is 3.59. The van der Waals surface area contributed by atoms with Crippen LogP contribution in [0.2, 0.25) is 5.02 Å². The summed E-state index contributed by atoms with van der Waals surface area (Å²) in [6.07, 6.45) is 2.13. The van der Waals surface area contributed by atoms with Crippen molar-refractivity contribution in [1.29, 1.82) is 0 Å². The van der Waals surface area contributed by atoms with Crippen LogP contribution in [0, 0.1) is 5.41 Å². The second kappa shape index (κ2) is 6.94. The lowest BCUT2D eigenvalue weighted by Gasteiger charge is -2.34. The molecule has 22 heavy (non-hydrogen) atoms. The van der Waals surface area contributed by atoms with Gasteiger partial charge in [-0.3, -0.25) is 4.79 Å². The molecule has 1 amide bonds. The van der Waals surface area contributed by atoms with Crippen LogP contribution in [0.25, 0.3) is 0 Å². The van der Waals surface area contributed by atoms with Crippen LogP contribution < -0.4 is 20.1 Å². The maximum atomic E-state index is 12.3. The zero-order valence-corrected chi connectivity index (χ0v) is 14.0. The van der Waals surface area contributed by atoms with Gasteiger partial charge in [0.05, 0.1) is 5.02 Å². The first-order chi connectivity index (χ1) is 10.1. The van der Waals surface area contributed by atoms with Gasteiger partial charge in [-0.15, -0.1) is 12.4 Å². The Bertz CT molecular complexity index is 560. The molecular weight excluding hydrogens is 327 g/mol. The average molecular weight is 347 g/mol. The standard InChI is InChI=1S/C15H19ClN2O3.ClH/c1-15(2-4-17-5-3-15)8-18-14(19)10-6-11(16)13-12(7-10)20-9-21-13;/h6-7,17H,2-5,8-9H2,1H3,(H,18,19);1H. The summed E-state index contributed by atoms with van der Waals surface area (Å²) < 4.78 is 10.5. The van der Waals surface area contributed by atoms with Crippen molar-refractivity contribution < 1.29 is 14.3 Å². The first-order valence-electron chi connectivity index (χ1n) is 7.15. The summed E-state index contributed by atoms with van der Waals surface area (Å²) in [5, 5.41) is 6.75. The van der Waals surface area contributed by atoms with Crippen molar-refractivity contribution >= 4 is 29.9 Å². The first kappa shape index (κ1) is 17.2. The summed E-state index contributed by atoms with van der Waals surface area (Å²) in [4.78, 5) is 12.3. The summed E-state index contributed by atoms with van der Waals surface area (Å²) in [5.41, 5.74) is 0.655. The SMILES string of the molecule is CC1(CNC(=O)c2cc(Cl)c3c(c2)OCO3)CCNCC1.Cl. The van der Waals surface area contributed by atoms with Crippen LogP contribution in [0.5, 0.6) is 11.5 Å². The van der Waals surface area contributed by atoms with Gasteiger partial charge in [0.2, 0.25) is 6.79 Å². The topological polar surface area (TPSA) is 59.6 Å². The molecule has 3 rings (SSSR count). The van der Waals surface area contributed by atoms with Crippen LogP contribution in [0.4, 0.5) is 0 Å². The molecule has 0 radical (unpaired) electrons. The molecular formula is C15H20Cl2N2O3. The van der Waals surface area contributed by atoms with Gasteiger partial charge in [0.25, 0.3) is 5.91 Å². The molecule has 1 fully saturated rings. The number of piperidine rings is 1. The molecule has 2 aliphatic heterocycles. The van der Waals surface area contributed by atoms with Crippen molar-refractivity contribution in [2.24, 2.45) is 5.41 Å². The minimum Gasteiger partial charge on any atom is -0.454 e. The molecule has 2 heterocycles. The molecule has 5 nitrogen and oxygen atoms in total. The van der Waals surface area contributed by atoms with Crippen LogP contribution in [0.15, 0.2) is 12.1 Å². The Labute approximate surface area is 141 Å². The van der Waals surface area contributed by atoms with Crippen LogP contribution in [-0.4, -0.2) is 32.3 Å². The van der Waals surface area contributed by atoms with Crippen molar-refractivity contribution in [3.05, 3.63) is 22.7 Å². The number of rotatable bonds is 3. The molecule has 1 aromatic carbocycles. The molecule has 122 valence electrons. The van der Waals surface area contributed by atoms with E-state index in [9.17, 15) is 4.79 Å². The van der Waals surface area contributed by atoms with E-state index in [0.29, 0.717) is 28.6 Å². The van der Waals surface area contributed by atoms with Crippen molar-refractivity contribution in [1.82, 2.24) is 10.6 Å². The Morgan fingerprint density at radius 3 is 2.82 bits per heavy atom. The minimum absolute atomic E-state index is 0. The number of hydrogen-bond acceptors (Lipinski definition) is 4. The van der Waals surface area contributed by atoms with Crippen LogP contribution in [0.1, 0.15) is 30.1 Å². The highest BCUT2D eigenvalue weighted by molar-refractivity contribution is 6.32. The molecule has 7 heteroatoms. The van der Waals surface area contributed by atoms with Gasteiger partial charge in [0.15, 0.2) is 11.5 Å². The Morgan fingerprint density at radius 1 is 1.36 bits per heavy atom. The number of carbonyl (C=O) groups is 1. The molecule has 2 aliphatic rings. The highest BCUT2D eigenvalue weighted by atomic mass is 35.5. The molecule has 0 saturated carbocycles. The molecule has 0 spiro atoms. The number of fused-ring (bicyclic) bond motifs is 1. The fourth-order valence-corrected chi connectivity index (χ4v) is 2.97. The van der Waals surface area contributed by atoms with Gasteiger partial charge in [-0.2, -0.15) is 0 Å². The monoisotopic (exact) mass is 346 g/mol. The maximum Gasteiger partial charge on any atom is 0.251 e. The quantitative estimate of drug-likeness (QED) is 0.883. The number of hydrogen-bond donors (Lipinski definition) is 2. The summed E-state index contributed by atoms with van der Waals surface area (Å²) in [7, 11) is 0. The average Bonchev–Trinajstić information content (AvgIpc) is 2.94. The van der Waals surface area contributed by atoms with Crippen LogP contribution in [-0.2, 0) is 0 Å². The summed E-state index contributed by atoms with van der Waals surface area (Å²) in [6.45, 7) is 5.02. The lowest BCUT2D eigenvalue weighted by Crippen LogP contribution is -2.42. The minimum atomic E-state index is -0.130. The van der Waals surface area contributed by atoms with Crippen molar-refractivity contribution in [3.63, 3.8) is 0 Å². The van der Waals surface area contributed by atoms with Gasteiger partial charge in [0.1, 0.15) is 0 Å². The number of carbonyl (C=O) groups excluding carboxylic acids is 1. The number of benzene rings is 1. The predicted molar refractivity (Wildman–Crippen MR) is 87.4 cm³/mol. The van der Waals surface area contributed by atoms with E-state index in [0.717, 1.165) is 25.9 Å². The van der Waals surface area contributed by atoms with Gasteiger partial charge in [-0.05, 0) is 43.5 Å². The van der Waals surface area contributed by atoms with Gasteiger partial charge < -0.3 is 20.1 Å². The van der Waals surface area contributed by atoms with E-state index in [-0.39, 0.29) is 30.5 Å². The lowest BCUT2D eigenvalue weighted by molar-refractivity contribution is 0.0922. The van der Waals surface area contributed by atoms with Gasteiger partial charge in [0, 0.05) is 12.1 Å². The normalized spacial score (nSPS) is 18.5. The highest BCUT2D eigenvalue weighted by Crippen LogP contribution is 2.39. The zero-order chi connectivity index (χ0) is 14.9. The molecule has 0 unspecified atom stereocenters. The Kier molecular flexibility index (Phi) is 5.42. The van der Waals surface area contributed by atoms with Crippen molar-refractivity contribution in [2.45, 2.75) is 19.8 Å². The molecule has 0 atom stereocenters. The lowest BCUT2D eigenvalue weighted by atomic mass is 9.81.